The van der Waals surface area contributed by atoms with E-state index in [1.165, 1.54) is 22.3 Å². The van der Waals surface area contributed by atoms with E-state index in [0.717, 1.165) is 34.1 Å². The Labute approximate surface area is 180 Å². The molecule has 0 aliphatic rings. The quantitative estimate of drug-likeness (QED) is 0.376. The molecule has 0 radical (unpaired) electrons. The minimum absolute atomic E-state index is 0.645. The molecule has 0 amide bonds. The number of fused-ring (bicyclic) bond motifs is 1. The van der Waals surface area contributed by atoms with Crippen LogP contribution in [0.5, 0.6) is 0 Å². The number of thioether (sulfide) groups is 1. The van der Waals surface area contributed by atoms with Crippen LogP contribution in [0.1, 0.15) is 39.2 Å². The highest BCUT2D eigenvalue weighted by molar-refractivity contribution is 7.98. The zero-order valence-corrected chi connectivity index (χ0v) is 18.6. The van der Waals surface area contributed by atoms with Crippen LogP contribution < -0.4 is 0 Å². The van der Waals surface area contributed by atoms with Gasteiger partial charge in [-0.05, 0) is 56.0 Å². The molecule has 0 aliphatic heterocycles. The molecule has 29 heavy (non-hydrogen) atoms. The van der Waals surface area contributed by atoms with Gasteiger partial charge in [-0.25, -0.2) is 9.50 Å². The molecule has 0 saturated carbocycles. The Hall–Kier alpha value is -2.37. The number of benzene rings is 2. The third-order valence-electron chi connectivity index (χ3n) is 5.22. The molecule has 4 aromatic rings. The molecule has 0 spiro atoms. The summed E-state index contributed by atoms with van der Waals surface area (Å²) in [6.07, 6.45) is 0.843. The molecule has 0 bridgehead atoms. The van der Waals surface area contributed by atoms with Crippen molar-refractivity contribution in [3.05, 3.63) is 86.7 Å². The maximum Gasteiger partial charge on any atom is 0.253 e. The zero-order valence-electron chi connectivity index (χ0n) is 17.0. The number of halogens is 1. The van der Waals surface area contributed by atoms with E-state index in [1.807, 2.05) is 28.8 Å². The monoisotopic (exact) mass is 422 g/mol. The molecule has 0 N–H and O–H groups in total. The zero-order chi connectivity index (χ0) is 20.5. The number of nitrogens with zero attached hydrogens (tertiary/aromatic N) is 4. The highest BCUT2D eigenvalue weighted by Crippen LogP contribution is 2.26. The van der Waals surface area contributed by atoms with E-state index in [0.29, 0.717) is 10.9 Å². The van der Waals surface area contributed by atoms with Gasteiger partial charge in [-0.3, -0.25) is 0 Å². The fourth-order valence-corrected chi connectivity index (χ4v) is 4.55. The van der Waals surface area contributed by atoms with Crippen LogP contribution in [0.3, 0.4) is 0 Å². The maximum atomic E-state index is 6.27. The van der Waals surface area contributed by atoms with Gasteiger partial charge in [0.05, 0.1) is 0 Å². The normalized spacial score (nSPS) is 11.3. The summed E-state index contributed by atoms with van der Waals surface area (Å²) in [5.41, 5.74) is 8.27. The molecule has 0 atom stereocenters. The Morgan fingerprint density at radius 3 is 2.55 bits per heavy atom. The summed E-state index contributed by atoms with van der Waals surface area (Å²) < 4.78 is 1.86. The Balaban J connectivity index is 1.64. The van der Waals surface area contributed by atoms with E-state index in [-0.39, 0.29) is 0 Å². The molecule has 0 aliphatic carbocycles. The van der Waals surface area contributed by atoms with Crippen molar-refractivity contribution in [2.75, 3.05) is 0 Å². The lowest BCUT2D eigenvalue weighted by molar-refractivity contribution is 0.823. The smallest absolute Gasteiger partial charge is 0.216 e. The van der Waals surface area contributed by atoms with Crippen molar-refractivity contribution in [3.8, 4) is 0 Å². The summed E-state index contributed by atoms with van der Waals surface area (Å²) >= 11 is 7.84. The van der Waals surface area contributed by atoms with Crippen LogP contribution in [0.4, 0.5) is 0 Å². The van der Waals surface area contributed by atoms with Crippen molar-refractivity contribution in [3.63, 3.8) is 0 Å². The van der Waals surface area contributed by atoms with E-state index in [2.05, 4.69) is 50.9 Å². The first-order valence-corrected chi connectivity index (χ1v) is 10.9. The van der Waals surface area contributed by atoms with Gasteiger partial charge < -0.3 is 0 Å². The lowest BCUT2D eigenvalue weighted by atomic mass is 9.97. The number of hydrogen-bond donors (Lipinski definition) is 0. The van der Waals surface area contributed by atoms with Crippen molar-refractivity contribution >= 4 is 29.1 Å². The lowest BCUT2D eigenvalue weighted by Crippen LogP contribution is -2.07. The van der Waals surface area contributed by atoms with Gasteiger partial charge in [-0.1, -0.05) is 65.3 Å². The highest BCUT2D eigenvalue weighted by atomic mass is 35.5. The molecule has 2 heterocycles. The summed E-state index contributed by atoms with van der Waals surface area (Å²) in [6, 6.07) is 14.5. The topological polar surface area (TPSA) is 43.1 Å². The van der Waals surface area contributed by atoms with E-state index < -0.39 is 0 Å². The molecule has 6 heteroatoms. The Morgan fingerprint density at radius 2 is 1.76 bits per heavy atom. The van der Waals surface area contributed by atoms with Gasteiger partial charge in [-0.2, -0.15) is 4.98 Å². The van der Waals surface area contributed by atoms with Crippen LogP contribution >= 0.6 is 23.4 Å². The molecule has 0 unspecified atom stereocenters. The third-order valence-corrected chi connectivity index (χ3v) is 6.47. The molecular weight excluding hydrogens is 400 g/mol. The number of rotatable bonds is 5. The standard InChI is InChI=1S/C23H23ClN4S/c1-14-9-10-15(2)19(11-14)12-20-16(3)25-22-26-23(27-28(22)17(20)4)29-13-18-7-5-6-8-21(18)24/h5-11H,12-13H2,1-4H3. The first kappa shape index (κ1) is 19.9. The van der Waals surface area contributed by atoms with E-state index in [9.17, 15) is 0 Å². The first-order chi connectivity index (χ1) is 13.9. The summed E-state index contributed by atoms with van der Waals surface area (Å²) in [5.74, 6) is 1.37. The number of aryl methyl sites for hydroxylation is 4. The van der Waals surface area contributed by atoms with Crippen LogP contribution in [0.25, 0.3) is 5.78 Å². The molecule has 148 valence electrons. The summed E-state index contributed by atoms with van der Waals surface area (Å²) in [5, 5.41) is 6.18. The third kappa shape index (κ3) is 4.16. The van der Waals surface area contributed by atoms with E-state index in [1.54, 1.807) is 11.8 Å². The van der Waals surface area contributed by atoms with Gasteiger partial charge in [0.2, 0.25) is 5.16 Å². The van der Waals surface area contributed by atoms with E-state index in [4.69, 9.17) is 21.7 Å². The highest BCUT2D eigenvalue weighted by Gasteiger charge is 2.15. The fraction of sp³-hybridized carbons (Fsp3) is 0.261. The minimum Gasteiger partial charge on any atom is -0.216 e. The second-order valence-corrected chi connectivity index (χ2v) is 8.70. The Bertz CT molecular complexity index is 1200. The Morgan fingerprint density at radius 1 is 0.966 bits per heavy atom. The molecule has 4 rings (SSSR count). The van der Waals surface area contributed by atoms with Crippen molar-refractivity contribution in [1.82, 2.24) is 19.6 Å². The predicted molar refractivity (Wildman–Crippen MR) is 120 cm³/mol. The van der Waals surface area contributed by atoms with Gasteiger partial charge in [-0.15, -0.1) is 5.10 Å². The van der Waals surface area contributed by atoms with Crippen molar-refractivity contribution < 1.29 is 0 Å². The van der Waals surface area contributed by atoms with Gasteiger partial charge in [0.1, 0.15) is 0 Å². The number of hydrogen-bond acceptors (Lipinski definition) is 4. The molecular formula is C23H23ClN4S. The number of aromatic nitrogens is 4. The largest absolute Gasteiger partial charge is 0.253 e. The maximum absolute atomic E-state index is 6.27. The SMILES string of the molecule is Cc1ccc(C)c(Cc2c(C)nc3nc(SCc4ccccc4Cl)nn3c2C)c1. The van der Waals surface area contributed by atoms with Gasteiger partial charge >= 0.3 is 0 Å². The van der Waals surface area contributed by atoms with Crippen LogP contribution in [-0.2, 0) is 12.2 Å². The minimum atomic E-state index is 0.645. The van der Waals surface area contributed by atoms with Crippen molar-refractivity contribution in [1.29, 1.82) is 0 Å². The summed E-state index contributed by atoms with van der Waals surface area (Å²) in [7, 11) is 0. The molecule has 0 saturated heterocycles. The average molecular weight is 423 g/mol. The van der Waals surface area contributed by atoms with Crippen molar-refractivity contribution in [2.24, 2.45) is 0 Å². The lowest BCUT2D eigenvalue weighted by Gasteiger charge is -2.12. The predicted octanol–water partition coefficient (Wildman–Crippen LogP) is 5.89. The fourth-order valence-electron chi connectivity index (χ4n) is 3.45. The van der Waals surface area contributed by atoms with Crippen LogP contribution in [0, 0.1) is 27.7 Å². The molecule has 2 aromatic carbocycles. The van der Waals surface area contributed by atoms with Crippen LogP contribution in [-0.4, -0.2) is 19.6 Å². The van der Waals surface area contributed by atoms with E-state index >= 15 is 0 Å². The summed E-state index contributed by atoms with van der Waals surface area (Å²) in [6.45, 7) is 8.44. The summed E-state index contributed by atoms with van der Waals surface area (Å²) in [4.78, 5) is 9.35. The molecule has 4 nitrogen and oxygen atoms in total. The van der Waals surface area contributed by atoms with Gasteiger partial charge in [0.15, 0.2) is 0 Å². The second kappa shape index (κ2) is 8.17. The average Bonchev–Trinajstić information content (AvgIpc) is 3.10. The first-order valence-electron chi connectivity index (χ1n) is 9.57. The molecule has 2 aromatic heterocycles. The van der Waals surface area contributed by atoms with Gasteiger partial charge in [0.25, 0.3) is 5.78 Å². The van der Waals surface area contributed by atoms with Gasteiger partial charge in [0, 0.05) is 28.6 Å². The van der Waals surface area contributed by atoms with Crippen LogP contribution in [0.2, 0.25) is 5.02 Å². The van der Waals surface area contributed by atoms with Crippen LogP contribution in [0.15, 0.2) is 47.6 Å². The Kier molecular flexibility index (Phi) is 5.61. The second-order valence-electron chi connectivity index (χ2n) is 7.35. The molecule has 0 fully saturated rings. The van der Waals surface area contributed by atoms with Crippen molar-refractivity contribution in [2.45, 2.75) is 45.0 Å².